The number of hydrogen-bond donors (Lipinski definition) is 5. The Morgan fingerprint density at radius 3 is 2.54 bits per heavy atom. The van der Waals surface area contributed by atoms with Crippen LogP contribution in [0.4, 0.5) is 29.0 Å². The predicted octanol–water partition coefficient (Wildman–Crippen LogP) is 2.05. The van der Waals surface area contributed by atoms with Gasteiger partial charge in [-0.3, -0.25) is 14.5 Å². The zero-order valence-corrected chi connectivity index (χ0v) is 19.0. The van der Waals surface area contributed by atoms with Crippen molar-refractivity contribution in [3.8, 4) is 6.07 Å². The second kappa shape index (κ2) is 9.18. The fourth-order valence-electron chi connectivity index (χ4n) is 4.34. The minimum Gasteiger partial charge on any atom is -0.382 e. The maximum absolute atomic E-state index is 13.9. The molecule has 11 heteroatoms. The number of nitriles is 1. The number of para-hydroxylation sites is 2. The Kier molecular flexibility index (Phi) is 6.12. The molecular weight excluding hydrogens is 446 g/mol. The third kappa shape index (κ3) is 4.24. The molecule has 2 amide bonds. The van der Waals surface area contributed by atoms with E-state index in [4.69, 9.17) is 17.2 Å². The van der Waals surface area contributed by atoms with Crippen LogP contribution in [0.5, 0.6) is 0 Å². The van der Waals surface area contributed by atoms with Crippen LogP contribution in [-0.2, 0) is 4.79 Å². The summed E-state index contributed by atoms with van der Waals surface area (Å²) in [5.74, 6) is -0.847. The Morgan fingerprint density at radius 2 is 1.86 bits per heavy atom. The molecule has 35 heavy (non-hydrogen) atoms. The zero-order chi connectivity index (χ0) is 25.2. The molecule has 0 radical (unpaired) electrons. The SMILES string of the molecule is CC(Nc1nc(N)nc(N)c1C#N)[C@@]1(CCC(N)=O)Nc2ccccc2C(=O)N1c1ccccc1. The van der Waals surface area contributed by atoms with E-state index in [2.05, 4.69) is 20.6 Å². The molecule has 8 N–H and O–H groups in total. The lowest BCUT2D eigenvalue weighted by atomic mass is 9.87. The van der Waals surface area contributed by atoms with E-state index < -0.39 is 17.6 Å². The molecule has 2 heterocycles. The quantitative estimate of drug-likeness (QED) is 0.343. The third-order valence-corrected chi connectivity index (χ3v) is 6.01. The summed E-state index contributed by atoms with van der Waals surface area (Å²) in [5.41, 5.74) is 17.7. The molecule has 0 saturated heterocycles. The first-order valence-corrected chi connectivity index (χ1v) is 10.9. The molecule has 3 aromatic rings. The van der Waals surface area contributed by atoms with Gasteiger partial charge in [-0.25, -0.2) is 0 Å². The van der Waals surface area contributed by atoms with Crippen LogP contribution in [0.2, 0.25) is 0 Å². The lowest BCUT2D eigenvalue weighted by Crippen LogP contribution is -2.68. The van der Waals surface area contributed by atoms with E-state index in [-0.39, 0.29) is 41.9 Å². The number of nitrogens with two attached hydrogens (primary N) is 3. The Hall–Kier alpha value is -4.85. The highest BCUT2D eigenvalue weighted by Crippen LogP contribution is 2.40. The van der Waals surface area contributed by atoms with Gasteiger partial charge in [-0.1, -0.05) is 30.3 Å². The molecule has 0 fully saturated rings. The molecule has 0 spiro atoms. The van der Waals surface area contributed by atoms with Crippen molar-refractivity contribution < 1.29 is 9.59 Å². The summed E-state index contributed by atoms with van der Waals surface area (Å²) < 4.78 is 0. The third-order valence-electron chi connectivity index (χ3n) is 6.01. The molecule has 0 saturated carbocycles. The van der Waals surface area contributed by atoms with Crippen LogP contribution >= 0.6 is 0 Å². The average molecular weight is 472 g/mol. The maximum atomic E-state index is 13.9. The van der Waals surface area contributed by atoms with Crippen molar-refractivity contribution in [3.05, 3.63) is 65.7 Å². The summed E-state index contributed by atoms with van der Waals surface area (Å²) in [6.45, 7) is 1.81. The first-order chi connectivity index (χ1) is 16.8. The fraction of sp³-hybridized carbons (Fsp3) is 0.208. The van der Waals surface area contributed by atoms with Gasteiger partial charge in [0, 0.05) is 24.2 Å². The van der Waals surface area contributed by atoms with Gasteiger partial charge in [0.1, 0.15) is 23.1 Å². The van der Waals surface area contributed by atoms with E-state index in [0.29, 0.717) is 16.9 Å². The number of hydrogen-bond acceptors (Lipinski definition) is 9. The molecular formula is C24H25N9O2. The first kappa shape index (κ1) is 23.3. The monoisotopic (exact) mass is 471 g/mol. The lowest BCUT2D eigenvalue weighted by Gasteiger charge is -2.51. The molecule has 4 rings (SSSR count). The van der Waals surface area contributed by atoms with Gasteiger partial charge in [-0.05, 0) is 31.2 Å². The molecule has 1 aromatic heterocycles. The number of aromatic nitrogens is 2. The normalized spacial score (nSPS) is 17.6. The van der Waals surface area contributed by atoms with E-state index >= 15 is 0 Å². The number of nitrogens with one attached hydrogen (secondary N) is 2. The van der Waals surface area contributed by atoms with Crippen molar-refractivity contribution in [1.82, 2.24) is 9.97 Å². The highest BCUT2D eigenvalue weighted by molar-refractivity contribution is 6.13. The molecule has 178 valence electrons. The summed E-state index contributed by atoms with van der Waals surface area (Å²) in [7, 11) is 0. The van der Waals surface area contributed by atoms with Crippen LogP contribution in [0.1, 0.15) is 35.7 Å². The van der Waals surface area contributed by atoms with Gasteiger partial charge in [0.25, 0.3) is 5.91 Å². The summed E-state index contributed by atoms with van der Waals surface area (Å²) in [5, 5.41) is 16.3. The summed E-state index contributed by atoms with van der Waals surface area (Å²) in [6.07, 6.45) is 0.139. The number of benzene rings is 2. The number of amides is 2. The predicted molar refractivity (Wildman–Crippen MR) is 133 cm³/mol. The molecule has 0 aliphatic carbocycles. The fourth-order valence-corrected chi connectivity index (χ4v) is 4.34. The number of nitrogen functional groups attached to an aromatic ring is 2. The van der Waals surface area contributed by atoms with Crippen molar-refractivity contribution in [2.45, 2.75) is 31.5 Å². The Balaban J connectivity index is 1.89. The number of nitrogens with zero attached hydrogens (tertiary/aromatic N) is 4. The Bertz CT molecular complexity index is 1320. The Morgan fingerprint density at radius 1 is 1.17 bits per heavy atom. The maximum Gasteiger partial charge on any atom is 0.262 e. The van der Waals surface area contributed by atoms with Crippen LogP contribution < -0.4 is 32.7 Å². The molecule has 1 aliphatic rings. The first-order valence-electron chi connectivity index (χ1n) is 10.9. The molecule has 11 nitrogen and oxygen atoms in total. The van der Waals surface area contributed by atoms with E-state index in [1.54, 1.807) is 42.2 Å². The number of carbonyl (C=O) groups is 2. The number of carbonyl (C=O) groups excluding carboxylic acids is 2. The minimum absolute atomic E-state index is 0.0169. The van der Waals surface area contributed by atoms with Crippen LogP contribution in [-0.4, -0.2) is 33.5 Å². The lowest BCUT2D eigenvalue weighted by molar-refractivity contribution is -0.118. The highest BCUT2D eigenvalue weighted by Gasteiger charge is 2.49. The summed E-state index contributed by atoms with van der Waals surface area (Å²) >= 11 is 0. The average Bonchev–Trinajstić information content (AvgIpc) is 2.83. The second-order valence-corrected chi connectivity index (χ2v) is 8.21. The number of rotatable bonds is 7. The molecule has 2 atom stereocenters. The van der Waals surface area contributed by atoms with Crippen LogP contribution in [0.3, 0.4) is 0 Å². The van der Waals surface area contributed by atoms with E-state index in [1.165, 1.54) is 0 Å². The van der Waals surface area contributed by atoms with E-state index in [1.807, 2.05) is 30.3 Å². The number of anilines is 5. The topological polar surface area (TPSA) is 189 Å². The highest BCUT2D eigenvalue weighted by atomic mass is 16.2. The largest absolute Gasteiger partial charge is 0.382 e. The Labute approximate surface area is 201 Å². The van der Waals surface area contributed by atoms with Crippen molar-refractivity contribution in [2.75, 3.05) is 27.0 Å². The standard InChI is InChI=1S/C24H25N9O2/c1-14(29-21-17(13-25)20(27)30-23(28)31-21)24(12-11-19(26)34)32-18-10-6-5-9-16(18)22(35)33(24)15-7-3-2-4-8-15/h2-10,14,32H,11-12H2,1H3,(H2,26,34)(H5,27,28,29,30,31)/t14?,24-/m0/s1. The zero-order valence-electron chi connectivity index (χ0n) is 19.0. The summed E-state index contributed by atoms with van der Waals surface area (Å²) in [6, 6.07) is 17.6. The van der Waals surface area contributed by atoms with Gasteiger partial charge in [-0.15, -0.1) is 0 Å². The van der Waals surface area contributed by atoms with Gasteiger partial charge in [0.2, 0.25) is 11.9 Å². The van der Waals surface area contributed by atoms with Crippen molar-refractivity contribution >= 4 is 40.8 Å². The van der Waals surface area contributed by atoms with Gasteiger partial charge in [0.15, 0.2) is 5.82 Å². The van der Waals surface area contributed by atoms with Crippen molar-refractivity contribution in [1.29, 1.82) is 5.26 Å². The molecule has 1 unspecified atom stereocenters. The van der Waals surface area contributed by atoms with Gasteiger partial charge in [0.05, 0.1) is 11.6 Å². The molecule has 0 bridgehead atoms. The van der Waals surface area contributed by atoms with Crippen molar-refractivity contribution in [3.63, 3.8) is 0 Å². The summed E-state index contributed by atoms with van der Waals surface area (Å²) in [4.78, 5) is 35.4. The van der Waals surface area contributed by atoms with E-state index in [9.17, 15) is 14.9 Å². The second-order valence-electron chi connectivity index (χ2n) is 8.21. The number of primary amides is 1. The van der Waals surface area contributed by atoms with Crippen LogP contribution in [0.15, 0.2) is 54.6 Å². The molecule has 2 aromatic carbocycles. The smallest absolute Gasteiger partial charge is 0.262 e. The minimum atomic E-state index is -1.19. The van der Waals surface area contributed by atoms with Gasteiger partial charge < -0.3 is 27.8 Å². The van der Waals surface area contributed by atoms with Gasteiger partial charge >= 0.3 is 0 Å². The van der Waals surface area contributed by atoms with Crippen LogP contribution in [0.25, 0.3) is 0 Å². The number of fused-ring (bicyclic) bond motifs is 1. The molecule has 1 aliphatic heterocycles. The van der Waals surface area contributed by atoms with Gasteiger partial charge in [-0.2, -0.15) is 15.2 Å². The van der Waals surface area contributed by atoms with Crippen LogP contribution in [0, 0.1) is 11.3 Å². The van der Waals surface area contributed by atoms with E-state index in [0.717, 1.165) is 0 Å². The van der Waals surface area contributed by atoms with Crippen molar-refractivity contribution in [2.24, 2.45) is 5.73 Å².